The highest BCUT2D eigenvalue weighted by Gasteiger charge is 2.23. The minimum absolute atomic E-state index is 0.194. The summed E-state index contributed by atoms with van der Waals surface area (Å²) in [5.41, 5.74) is 0.773. The molecule has 0 unspecified atom stereocenters. The van der Waals surface area contributed by atoms with Crippen LogP contribution in [0.25, 0.3) is 0 Å². The van der Waals surface area contributed by atoms with E-state index in [2.05, 4.69) is 18.9 Å². The van der Waals surface area contributed by atoms with E-state index in [0.29, 0.717) is 19.2 Å². The van der Waals surface area contributed by atoms with Crippen LogP contribution in [-0.4, -0.2) is 36.9 Å². The molecule has 0 heterocycles. The van der Waals surface area contributed by atoms with E-state index < -0.39 is 0 Å². The number of ketones is 1. The predicted molar refractivity (Wildman–Crippen MR) is 86.0 cm³/mol. The van der Waals surface area contributed by atoms with Gasteiger partial charge < -0.3 is 4.74 Å². The first-order chi connectivity index (χ1) is 10.1. The Morgan fingerprint density at radius 2 is 1.81 bits per heavy atom. The molecule has 1 aromatic rings. The van der Waals surface area contributed by atoms with Gasteiger partial charge in [-0.05, 0) is 69.8 Å². The number of carbonyl (C=O) groups is 1. The van der Waals surface area contributed by atoms with Gasteiger partial charge in [0.2, 0.25) is 0 Å². The van der Waals surface area contributed by atoms with Crippen molar-refractivity contribution >= 4 is 5.78 Å². The Hall–Kier alpha value is -1.35. The third-order valence-electron chi connectivity index (χ3n) is 4.49. The first-order valence-electron chi connectivity index (χ1n) is 8.06. The predicted octanol–water partition coefficient (Wildman–Crippen LogP) is 3.78. The quantitative estimate of drug-likeness (QED) is 0.746. The van der Waals surface area contributed by atoms with Gasteiger partial charge in [0.05, 0.1) is 13.2 Å². The lowest BCUT2D eigenvalue weighted by Gasteiger charge is -2.33. The van der Waals surface area contributed by atoms with Crippen LogP contribution in [-0.2, 0) is 0 Å². The third kappa shape index (κ3) is 4.57. The van der Waals surface area contributed by atoms with Gasteiger partial charge in [0.15, 0.2) is 5.78 Å². The zero-order chi connectivity index (χ0) is 15.2. The average molecular weight is 289 g/mol. The molecule has 116 valence electrons. The fourth-order valence-corrected chi connectivity index (χ4v) is 3.03. The lowest BCUT2D eigenvalue weighted by Crippen LogP contribution is -2.38. The normalized spacial score (nSPS) is 22.3. The molecular weight excluding hydrogens is 262 g/mol. The van der Waals surface area contributed by atoms with Gasteiger partial charge in [-0.25, -0.2) is 0 Å². The van der Waals surface area contributed by atoms with E-state index in [4.69, 9.17) is 4.74 Å². The van der Waals surface area contributed by atoms with Crippen molar-refractivity contribution in [2.24, 2.45) is 5.92 Å². The second kappa shape index (κ2) is 7.60. The molecule has 0 saturated heterocycles. The lowest BCUT2D eigenvalue weighted by molar-refractivity contribution is 0.0889. The van der Waals surface area contributed by atoms with Crippen molar-refractivity contribution in [1.29, 1.82) is 0 Å². The van der Waals surface area contributed by atoms with Gasteiger partial charge >= 0.3 is 0 Å². The van der Waals surface area contributed by atoms with E-state index in [-0.39, 0.29) is 5.78 Å². The molecule has 0 amide bonds. The first-order valence-corrected chi connectivity index (χ1v) is 8.06. The van der Waals surface area contributed by atoms with Crippen molar-refractivity contribution in [3.05, 3.63) is 29.8 Å². The van der Waals surface area contributed by atoms with E-state index in [9.17, 15) is 4.79 Å². The Balaban J connectivity index is 1.88. The minimum atomic E-state index is 0.194. The van der Waals surface area contributed by atoms with Crippen LogP contribution >= 0.6 is 0 Å². The number of ether oxygens (including phenoxy) is 1. The highest BCUT2D eigenvalue weighted by atomic mass is 16.5. The molecule has 1 aliphatic rings. The summed E-state index contributed by atoms with van der Waals surface area (Å²) >= 11 is 0. The summed E-state index contributed by atoms with van der Waals surface area (Å²) in [6.07, 6.45) is 5.00. The number of rotatable bonds is 6. The van der Waals surface area contributed by atoms with Gasteiger partial charge in [-0.3, -0.25) is 9.69 Å². The van der Waals surface area contributed by atoms with Crippen LogP contribution in [0.4, 0.5) is 0 Å². The van der Waals surface area contributed by atoms with Gasteiger partial charge in [-0.2, -0.15) is 0 Å². The molecule has 3 nitrogen and oxygen atoms in total. The van der Waals surface area contributed by atoms with E-state index in [1.165, 1.54) is 25.7 Å². The SMILES string of the molecule is CCOc1ccc(C(=O)CN(C)C2CCC(C)CC2)cc1. The molecule has 1 aliphatic carbocycles. The number of benzene rings is 1. The molecule has 0 spiro atoms. The van der Waals surface area contributed by atoms with Crippen LogP contribution in [0.15, 0.2) is 24.3 Å². The maximum atomic E-state index is 12.3. The minimum Gasteiger partial charge on any atom is -0.494 e. The molecule has 0 N–H and O–H groups in total. The summed E-state index contributed by atoms with van der Waals surface area (Å²) < 4.78 is 5.41. The van der Waals surface area contributed by atoms with Gasteiger partial charge in [0.1, 0.15) is 5.75 Å². The summed E-state index contributed by atoms with van der Waals surface area (Å²) in [7, 11) is 2.08. The topological polar surface area (TPSA) is 29.5 Å². The molecule has 0 bridgehead atoms. The van der Waals surface area contributed by atoms with E-state index >= 15 is 0 Å². The van der Waals surface area contributed by atoms with Gasteiger partial charge in [-0.15, -0.1) is 0 Å². The Kier molecular flexibility index (Phi) is 5.80. The number of carbonyl (C=O) groups excluding carboxylic acids is 1. The average Bonchev–Trinajstić information content (AvgIpc) is 2.49. The van der Waals surface area contributed by atoms with Crippen LogP contribution in [0.2, 0.25) is 0 Å². The molecule has 1 fully saturated rings. The van der Waals surface area contributed by atoms with Crippen LogP contribution in [0.5, 0.6) is 5.75 Å². The fourth-order valence-electron chi connectivity index (χ4n) is 3.03. The molecule has 1 aromatic carbocycles. The summed E-state index contributed by atoms with van der Waals surface area (Å²) in [4.78, 5) is 14.6. The second-order valence-corrected chi connectivity index (χ2v) is 6.21. The fraction of sp³-hybridized carbons (Fsp3) is 0.611. The van der Waals surface area contributed by atoms with Crippen LogP contribution in [0.1, 0.15) is 49.9 Å². The summed E-state index contributed by atoms with van der Waals surface area (Å²) in [5, 5.41) is 0. The number of nitrogens with zero attached hydrogens (tertiary/aromatic N) is 1. The Labute approximate surface area is 128 Å². The smallest absolute Gasteiger partial charge is 0.176 e. The highest BCUT2D eigenvalue weighted by molar-refractivity contribution is 5.97. The van der Waals surface area contributed by atoms with Crippen LogP contribution in [0, 0.1) is 5.92 Å². The number of likely N-dealkylation sites (N-methyl/N-ethyl adjacent to an activating group) is 1. The number of Topliss-reactive ketones (excluding diaryl/α,β-unsaturated/α-hetero) is 1. The first kappa shape index (κ1) is 16.0. The van der Waals surface area contributed by atoms with Gasteiger partial charge in [0.25, 0.3) is 0 Å². The Bertz CT molecular complexity index is 447. The van der Waals surface area contributed by atoms with Crippen LogP contribution in [0.3, 0.4) is 0 Å². The Morgan fingerprint density at radius 1 is 1.19 bits per heavy atom. The monoisotopic (exact) mass is 289 g/mol. The summed E-state index contributed by atoms with van der Waals surface area (Å²) in [6, 6.07) is 8.04. The molecule has 21 heavy (non-hydrogen) atoms. The van der Waals surface area contributed by atoms with E-state index in [1.54, 1.807) is 0 Å². The van der Waals surface area contributed by atoms with Gasteiger partial charge in [0, 0.05) is 11.6 Å². The van der Waals surface area contributed by atoms with Crippen molar-refractivity contribution in [3.8, 4) is 5.75 Å². The maximum Gasteiger partial charge on any atom is 0.176 e. The standard InChI is InChI=1S/C18H27NO2/c1-4-21-17-11-7-15(8-12-17)18(20)13-19(3)16-9-5-14(2)6-10-16/h7-8,11-12,14,16H,4-6,9-10,13H2,1-3H3. The molecule has 2 rings (SSSR count). The third-order valence-corrected chi connectivity index (χ3v) is 4.49. The second-order valence-electron chi connectivity index (χ2n) is 6.21. The number of hydrogen-bond acceptors (Lipinski definition) is 3. The molecule has 0 aliphatic heterocycles. The molecule has 1 saturated carbocycles. The van der Waals surface area contributed by atoms with Crippen molar-refractivity contribution in [2.75, 3.05) is 20.2 Å². The van der Waals surface area contributed by atoms with Crippen LogP contribution < -0.4 is 4.74 Å². The zero-order valence-electron chi connectivity index (χ0n) is 13.5. The molecular formula is C18H27NO2. The summed E-state index contributed by atoms with van der Waals surface area (Å²) in [5.74, 6) is 1.86. The lowest BCUT2D eigenvalue weighted by atomic mass is 9.86. The van der Waals surface area contributed by atoms with E-state index in [1.807, 2.05) is 31.2 Å². The highest BCUT2D eigenvalue weighted by Crippen LogP contribution is 2.26. The van der Waals surface area contributed by atoms with Crippen molar-refractivity contribution in [3.63, 3.8) is 0 Å². The number of hydrogen-bond donors (Lipinski definition) is 0. The maximum absolute atomic E-state index is 12.3. The molecule has 0 aromatic heterocycles. The molecule has 0 radical (unpaired) electrons. The largest absolute Gasteiger partial charge is 0.494 e. The summed E-state index contributed by atoms with van der Waals surface area (Å²) in [6.45, 7) is 5.43. The molecule has 3 heteroatoms. The van der Waals surface area contributed by atoms with E-state index in [0.717, 1.165) is 17.2 Å². The zero-order valence-corrected chi connectivity index (χ0v) is 13.5. The Morgan fingerprint density at radius 3 is 2.38 bits per heavy atom. The van der Waals surface area contributed by atoms with Crippen molar-refractivity contribution in [2.45, 2.75) is 45.6 Å². The molecule has 0 atom stereocenters. The van der Waals surface area contributed by atoms with Crippen molar-refractivity contribution in [1.82, 2.24) is 4.90 Å². The van der Waals surface area contributed by atoms with Gasteiger partial charge in [-0.1, -0.05) is 6.92 Å². The van der Waals surface area contributed by atoms with Crippen molar-refractivity contribution < 1.29 is 9.53 Å².